The summed E-state index contributed by atoms with van der Waals surface area (Å²) in [5.41, 5.74) is 4.20. The number of rotatable bonds is 2. The van der Waals surface area contributed by atoms with Crippen LogP contribution in [0.3, 0.4) is 0 Å². The van der Waals surface area contributed by atoms with Crippen LogP contribution in [0.5, 0.6) is 0 Å². The fourth-order valence-electron chi connectivity index (χ4n) is 2.79. The van der Waals surface area contributed by atoms with E-state index in [1.165, 1.54) is 0 Å². The Morgan fingerprint density at radius 1 is 0.800 bits per heavy atom. The van der Waals surface area contributed by atoms with Gasteiger partial charge in [0.1, 0.15) is 0 Å². The van der Waals surface area contributed by atoms with Crippen LogP contribution in [0.2, 0.25) is 0 Å². The number of aromatic nitrogens is 6. The van der Waals surface area contributed by atoms with E-state index < -0.39 is 0 Å². The molecule has 118 valence electrons. The maximum Gasteiger partial charge on any atom is 0.175 e. The number of fused-ring (bicyclic) bond motifs is 4. The first-order valence-electron chi connectivity index (χ1n) is 7.87. The molecule has 0 aliphatic rings. The van der Waals surface area contributed by atoms with Crippen LogP contribution >= 0.6 is 0 Å². The number of hydrogen-bond donors (Lipinski definition) is 0. The van der Waals surface area contributed by atoms with Crippen molar-refractivity contribution in [3.63, 3.8) is 0 Å². The molecule has 5 rings (SSSR count). The summed E-state index contributed by atoms with van der Waals surface area (Å²) in [5, 5.41) is 5.46. The van der Waals surface area contributed by atoms with Crippen molar-refractivity contribution in [1.29, 1.82) is 0 Å². The van der Waals surface area contributed by atoms with E-state index in [4.69, 9.17) is 0 Å². The second-order valence-corrected chi connectivity index (χ2v) is 5.61. The highest BCUT2D eigenvalue weighted by Gasteiger charge is 2.06. The lowest BCUT2D eigenvalue weighted by atomic mass is 10.2. The molecule has 6 nitrogen and oxygen atoms in total. The van der Waals surface area contributed by atoms with Crippen molar-refractivity contribution in [3.05, 3.63) is 72.6 Å². The van der Waals surface area contributed by atoms with E-state index in [2.05, 4.69) is 25.0 Å². The molecule has 25 heavy (non-hydrogen) atoms. The second-order valence-electron chi connectivity index (χ2n) is 5.61. The van der Waals surface area contributed by atoms with Gasteiger partial charge in [0.15, 0.2) is 11.5 Å². The topological polar surface area (TPSA) is 68.9 Å². The maximum atomic E-state index is 4.60. The molecule has 0 aliphatic heterocycles. The average Bonchev–Trinajstić information content (AvgIpc) is 3.10. The van der Waals surface area contributed by atoms with E-state index in [1.807, 2.05) is 60.8 Å². The predicted octanol–water partition coefficient (Wildman–Crippen LogP) is 3.39. The van der Waals surface area contributed by atoms with Crippen molar-refractivity contribution in [2.45, 2.75) is 0 Å². The summed E-state index contributed by atoms with van der Waals surface area (Å²) in [6.07, 6.45) is 9.09. The molecule has 0 saturated heterocycles. The van der Waals surface area contributed by atoms with Gasteiger partial charge in [0.2, 0.25) is 0 Å². The monoisotopic (exact) mass is 324 g/mol. The zero-order chi connectivity index (χ0) is 16.6. The van der Waals surface area contributed by atoms with Crippen LogP contribution in [0, 0.1) is 0 Å². The molecule has 0 unspecified atom stereocenters. The summed E-state index contributed by atoms with van der Waals surface area (Å²) in [4.78, 5) is 17.9. The van der Waals surface area contributed by atoms with Gasteiger partial charge in [-0.1, -0.05) is 12.1 Å². The van der Waals surface area contributed by atoms with Crippen LogP contribution in [0.25, 0.3) is 39.7 Å². The normalized spacial score (nSPS) is 11.8. The number of hydrogen-bond acceptors (Lipinski definition) is 5. The molecule has 0 spiro atoms. The first-order valence-corrected chi connectivity index (χ1v) is 7.87. The minimum Gasteiger partial charge on any atom is -0.256 e. The number of pyridine rings is 2. The van der Waals surface area contributed by atoms with Crippen molar-refractivity contribution < 1.29 is 0 Å². The minimum absolute atomic E-state index is 0.617. The molecule has 0 fully saturated rings. The number of nitrogens with zero attached hydrogens (tertiary/aromatic N) is 6. The molecule has 0 radical (unpaired) electrons. The van der Waals surface area contributed by atoms with Gasteiger partial charge in [-0.3, -0.25) is 9.97 Å². The summed E-state index contributed by atoms with van der Waals surface area (Å²) in [7, 11) is 0. The van der Waals surface area contributed by atoms with Gasteiger partial charge in [0.05, 0.1) is 28.4 Å². The van der Waals surface area contributed by atoms with Crippen LogP contribution in [0.15, 0.2) is 61.1 Å². The van der Waals surface area contributed by atoms with Gasteiger partial charge >= 0.3 is 0 Å². The van der Waals surface area contributed by atoms with Crippen molar-refractivity contribution in [3.8, 4) is 0 Å². The molecule has 1 aromatic carbocycles. The first kappa shape index (κ1) is 13.7. The van der Waals surface area contributed by atoms with E-state index >= 15 is 0 Å². The predicted molar refractivity (Wildman–Crippen MR) is 96.8 cm³/mol. The van der Waals surface area contributed by atoms with Crippen LogP contribution in [-0.2, 0) is 0 Å². The lowest BCUT2D eigenvalue weighted by molar-refractivity contribution is 0.958. The van der Waals surface area contributed by atoms with Gasteiger partial charge in [-0.25, -0.2) is 14.5 Å². The molecule has 6 heteroatoms. The van der Waals surface area contributed by atoms with Crippen molar-refractivity contribution in [2.75, 3.05) is 0 Å². The molecule has 5 aromatic rings. The fraction of sp³-hybridized carbons (Fsp3) is 0. The molecule has 0 amide bonds. The molecule has 0 aliphatic carbocycles. The van der Waals surface area contributed by atoms with E-state index in [1.54, 1.807) is 16.9 Å². The molecule has 0 atom stereocenters. The van der Waals surface area contributed by atoms with Gasteiger partial charge in [0.25, 0.3) is 0 Å². The lowest BCUT2D eigenvalue weighted by Crippen LogP contribution is -1.88. The molecule has 0 saturated carbocycles. The first-order chi connectivity index (χ1) is 12.4. The zero-order valence-corrected chi connectivity index (χ0v) is 13.1. The third kappa shape index (κ3) is 2.40. The van der Waals surface area contributed by atoms with Gasteiger partial charge in [-0.05, 0) is 42.5 Å². The third-order valence-corrected chi connectivity index (χ3v) is 3.97. The highest BCUT2D eigenvalue weighted by atomic mass is 15.3. The molecule has 4 heterocycles. The Balaban J connectivity index is 1.56. The SMILES string of the molecule is C(=C\c1nc2c3cccnc3ccn2n1)/c1cnc2ccccc2n1. The fourth-order valence-corrected chi connectivity index (χ4v) is 2.79. The van der Waals surface area contributed by atoms with Crippen molar-refractivity contribution >= 4 is 39.7 Å². The Morgan fingerprint density at radius 3 is 2.68 bits per heavy atom. The Labute approximate surface area is 142 Å². The Morgan fingerprint density at radius 2 is 1.72 bits per heavy atom. The standard InChI is InChI=1S/C19H12N6/c1-2-6-17-16(5-1)21-12-13(22-17)7-8-18-23-19-14-4-3-10-20-15(14)9-11-25(19)24-18/h1-12H/b8-7+. The highest BCUT2D eigenvalue weighted by Crippen LogP contribution is 2.17. The van der Waals surface area contributed by atoms with Crippen LogP contribution < -0.4 is 0 Å². The Hall–Kier alpha value is -3.67. The summed E-state index contributed by atoms with van der Waals surface area (Å²) in [6.45, 7) is 0. The quantitative estimate of drug-likeness (QED) is 0.498. The molecule has 0 N–H and O–H groups in total. The summed E-state index contributed by atoms with van der Waals surface area (Å²) in [6, 6.07) is 13.6. The van der Waals surface area contributed by atoms with Crippen molar-refractivity contribution in [2.24, 2.45) is 0 Å². The molecule has 4 aromatic heterocycles. The van der Waals surface area contributed by atoms with Gasteiger partial charge in [-0.15, -0.1) is 5.10 Å². The Kier molecular flexibility index (Phi) is 3.00. The zero-order valence-electron chi connectivity index (χ0n) is 13.1. The molecular formula is C19H12N6. The summed E-state index contributed by atoms with van der Waals surface area (Å²) in [5.74, 6) is 0.617. The molecular weight excluding hydrogens is 312 g/mol. The van der Waals surface area contributed by atoms with Gasteiger partial charge in [-0.2, -0.15) is 0 Å². The average molecular weight is 324 g/mol. The lowest BCUT2D eigenvalue weighted by Gasteiger charge is -1.96. The second kappa shape index (κ2) is 5.45. The highest BCUT2D eigenvalue weighted by molar-refractivity contribution is 5.91. The maximum absolute atomic E-state index is 4.60. The Bertz CT molecular complexity index is 1250. The smallest absolute Gasteiger partial charge is 0.175 e. The van der Waals surface area contributed by atoms with Gasteiger partial charge in [0, 0.05) is 17.8 Å². The summed E-state index contributed by atoms with van der Waals surface area (Å²) < 4.78 is 1.76. The summed E-state index contributed by atoms with van der Waals surface area (Å²) >= 11 is 0. The third-order valence-electron chi connectivity index (χ3n) is 3.97. The van der Waals surface area contributed by atoms with Crippen molar-refractivity contribution in [1.82, 2.24) is 29.5 Å². The van der Waals surface area contributed by atoms with E-state index in [9.17, 15) is 0 Å². The van der Waals surface area contributed by atoms with Crippen LogP contribution in [0.1, 0.15) is 11.5 Å². The number of benzene rings is 1. The van der Waals surface area contributed by atoms with Crippen LogP contribution in [-0.4, -0.2) is 29.5 Å². The minimum atomic E-state index is 0.617. The van der Waals surface area contributed by atoms with Crippen LogP contribution in [0.4, 0.5) is 0 Å². The molecule has 0 bridgehead atoms. The largest absolute Gasteiger partial charge is 0.256 e. The van der Waals surface area contributed by atoms with Gasteiger partial charge < -0.3 is 0 Å². The number of para-hydroxylation sites is 2. The van der Waals surface area contributed by atoms with E-state index in [0.29, 0.717) is 5.82 Å². The van der Waals surface area contributed by atoms with E-state index in [0.717, 1.165) is 33.3 Å². The van der Waals surface area contributed by atoms with E-state index in [-0.39, 0.29) is 0 Å².